The summed E-state index contributed by atoms with van der Waals surface area (Å²) in [5, 5.41) is 5.50. The highest BCUT2D eigenvalue weighted by atomic mass is 32.2. The van der Waals surface area contributed by atoms with E-state index in [0.717, 1.165) is 0 Å². The minimum absolute atomic E-state index is 0.225. The Kier molecular flexibility index (Phi) is 8.33. The number of piperazine rings is 1. The molecule has 2 N–H and O–H groups in total. The Balaban J connectivity index is 1.69. The number of sulfonamides is 1. The highest BCUT2D eigenvalue weighted by molar-refractivity contribution is 7.89. The van der Waals surface area contributed by atoms with Crippen LogP contribution in [0.2, 0.25) is 0 Å². The van der Waals surface area contributed by atoms with Crippen LogP contribution >= 0.6 is 0 Å². The maximum absolute atomic E-state index is 13.0. The van der Waals surface area contributed by atoms with Crippen molar-refractivity contribution in [3.8, 4) is 5.75 Å². The third-order valence-electron chi connectivity index (χ3n) is 5.63. The van der Waals surface area contributed by atoms with Crippen LogP contribution in [-0.4, -0.2) is 81.6 Å². The molecule has 2 heterocycles. The number of carbonyl (C=O) groups excluding carboxylic acids is 2. The molecule has 0 saturated carbocycles. The Hall–Kier alpha value is -2.63. The zero-order valence-electron chi connectivity index (χ0n) is 19.3. The molecule has 182 valence electrons. The SMILES string of the molecule is CCOC(=O)C1=C(CN2CCN(S(=O)(=O)c3ccc(OCC)cc3)CC2)NC(=O)NC1CC. The predicted octanol–water partition coefficient (Wildman–Crippen LogP) is 1.30. The number of rotatable bonds is 9. The van der Waals surface area contributed by atoms with E-state index in [1.54, 1.807) is 31.2 Å². The van der Waals surface area contributed by atoms with Crippen molar-refractivity contribution in [2.24, 2.45) is 0 Å². The quantitative estimate of drug-likeness (QED) is 0.512. The highest BCUT2D eigenvalue weighted by Crippen LogP contribution is 2.22. The van der Waals surface area contributed by atoms with E-state index in [9.17, 15) is 18.0 Å². The van der Waals surface area contributed by atoms with Crippen molar-refractivity contribution in [3.05, 3.63) is 35.5 Å². The molecule has 0 aromatic heterocycles. The molecule has 10 nitrogen and oxygen atoms in total. The number of hydrogen-bond acceptors (Lipinski definition) is 7. The minimum Gasteiger partial charge on any atom is -0.494 e. The fourth-order valence-corrected chi connectivity index (χ4v) is 5.38. The molecule has 1 saturated heterocycles. The molecule has 1 unspecified atom stereocenters. The lowest BCUT2D eigenvalue weighted by Crippen LogP contribution is -2.54. The molecule has 0 bridgehead atoms. The van der Waals surface area contributed by atoms with Gasteiger partial charge in [-0.05, 0) is 44.5 Å². The van der Waals surface area contributed by atoms with Crippen molar-refractivity contribution in [3.63, 3.8) is 0 Å². The lowest BCUT2D eigenvalue weighted by atomic mass is 10.00. The molecule has 2 amide bonds. The Morgan fingerprint density at radius 3 is 2.30 bits per heavy atom. The molecule has 3 rings (SSSR count). The summed E-state index contributed by atoms with van der Waals surface area (Å²) in [6.45, 7) is 8.12. The van der Waals surface area contributed by atoms with Crippen LogP contribution in [0, 0.1) is 0 Å². The van der Waals surface area contributed by atoms with Crippen LogP contribution < -0.4 is 15.4 Å². The van der Waals surface area contributed by atoms with Crippen molar-refractivity contribution in [1.29, 1.82) is 0 Å². The summed E-state index contributed by atoms with van der Waals surface area (Å²) >= 11 is 0. The second kappa shape index (κ2) is 11.0. The van der Waals surface area contributed by atoms with E-state index in [1.165, 1.54) is 4.31 Å². The van der Waals surface area contributed by atoms with Crippen LogP contribution in [0.25, 0.3) is 0 Å². The lowest BCUT2D eigenvalue weighted by molar-refractivity contribution is -0.139. The molecule has 2 aliphatic rings. The molecular weight excluding hydrogens is 448 g/mol. The summed E-state index contributed by atoms with van der Waals surface area (Å²) < 4.78 is 38.1. The maximum atomic E-state index is 13.0. The smallest absolute Gasteiger partial charge is 0.337 e. The normalized spacial score (nSPS) is 20.2. The Morgan fingerprint density at radius 2 is 1.73 bits per heavy atom. The van der Waals surface area contributed by atoms with Gasteiger partial charge in [0.2, 0.25) is 10.0 Å². The highest BCUT2D eigenvalue weighted by Gasteiger charge is 2.34. The van der Waals surface area contributed by atoms with Crippen molar-refractivity contribution < 1.29 is 27.5 Å². The molecule has 1 atom stereocenters. The molecule has 33 heavy (non-hydrogen) atoms. The number of esters is 1. The van der Waals surface area contributed by atoms with Crippen LogP contribution in [-0.2, 0) is 19.6 Å². The molecule has 1 aromatic carbocycles. The Labute approximate surface area is 194 Å². The average molecular weight is 481 g/mol. The maximum Gasteiger partial charge on any atom is 0.337 e. The summed E-state index contributed by atoms with van der Waals surface area (Å²) in [4.78, 5) is 26.9. The van der Waals surface area contributed by atoms with Crippen molar-refractivity contribution in [1.82, 2.24) is 19.8 Å². The van der Waals surface area contributed by atoms with Crippen molar-refractivity contribution in [2.45, 2.75) is 38.1 Å². The Morgan fingerprint density at radius 1 is 1.06 bits per heavy atom. The summed E-state index contributed by atoms with van der Waals surface area (Å²) in [6.07, 6.45) is 0.555. The van der Waals surface area contributed by atoms with Gasteiger partial charge in [-0.15, -0.1) is 0 Å². The monoisotopic (exact) mass is 480 g/mol. The third kappa shape index (κ3) is 5.84. The van der Waals surface area contributed by atoms with Gasteiger partial charge in [0, 0.05) is 38.4 Å². The number of hydrogen-bond donors (Lipinski definition) is 2. The van der Waals surface area contributed by atoms with Gasteiger partial charge in [0.15, 0.2) is 0 Å². The zero-order valence-corrected chi connectivity index (χ0v) is 20.1. The van der Waals surface area contributed by atoms with E-state index in [4.69, 9.17) is 9.47 Å². The van der Waals surface area contributed by atoms with Gasteiger partial charge in [-0.25, -0.2) is 18.0 Å². The van der Waals surface area contributed by atoms with Gasteiger partial charge < -0.3 is 20.1 Å². The van der Waals surface area contributed by atoms with E-state index < -0.39 is 22.0 Å². The van der Waals surface area contributed by atoms with E-state index in [2.05, 4.69) is 10.6 Å². The summed E-state index contributed by atoms with van der Waals surface area (Å²) in [6, 6.07) is 5.63. The van der Waals surface area contributed by atoms with Crippen LogP contribution in [0.1, 0.15) is 27.2 Å². The zero-order chi connectivity index (χ0) is 24.0. The van der Waals surface area contributed by atoms with Gasteiger partial charge >= 0.3 is 12.0 Å². The van der Waals surface area contributed by atoms with Crippen LogP contribution in [0.5, 0.6) is 5.75 Å². The van der Waals surface area contributed by atoms with E-state index in [-0.39, 0.29) is 17.5 Å². The first-order chi connectivity index (χ1) is 15.8. The molecule has 0 spiro atoms. The second-order valence-corrected chi connectivity index (χ2v) is 9.69. The number of nitrogens with one attached hydrogen (secondary N) is 2. The minimum atomic E-state index is -3.62. The van der Waals surface area contributed by atoms with Crippen molar-refractivity contribution in [2.75, 3.05) is 45.9 Å². The molecule has 2 aliphatic heterocycles. The number of ether oxygens (including phenoxy) is 2. The summed E-state index contributed by atoms with van der Waals surface area (Å²) in [5.41, 5.74) is 0.926. The van der Waals surface area contributed by atoms with Crippen molar-refractivity contribution >= 4 is 22.0 Å². The van der Waals surface area contributed by atoms with Gasteiger partial charge in [0.1, 0.15) is 5.75 Å². The molecule has 11 heteroatoms. The summed E-state index contributed by atoms with van der Waals surface area (Å²) in [7, 11) is -3.62. The van der Waals surface area contributed by atoms with E-state index in [0.29, 0.717) is 62.8 Å². The van der Waals surface area contributed by atoms with E-state index >= 15 is 0 Å². The van der Waals surface area contributed by atoms with Gasteiger partial charge in [-0.3, -0.25) is 4.90 Å². The van der Waals surface area contributed by atoms with Gasteiger partial charge in [-0.2, -0.15) is 4.31 Å². The first kappa shape index (κ1) is 25.0. The molecule has 0 aliphatic carbocycles. The van der Waals surface area contributed by atoms with Crippen LogP contribution in [0.15, 0.2) is 40.4 Å². The predicted molar refractivity (Wildman–Crippen MR) is 122 cm³/mol. The first-order valence-electron chi connectivity index (χ1n) is 11.2. The standard InChI is InChI=1S/C22H32N4O6S/c1-4-18-20(21(27)32-6-3)19(24-22(28)23-18)15-25-11-13-26(14-12-25)33(29,30)17-9-7-16(8-10-17)31-5-2/h7-10,18H,4-6,11-15H2,1-3H3,(H2,23,24,28). The largest absolute Gasteiger partial charge is 0.494 e. The number of amides is 2. The summed E-state index contributed by atoms with van der Waals surface area (Å²) in [5.74, 6) is 0.171. The molecule has 1 fully saturated rings. The van der Waals surface area contributed by atoms with Crippen LogP contribution in [0.4, 0.5) is 4.79 Å². The van der Waals surface area contributed by atoms with Gasteiger partial charge in [0.25, 0.3) is 0 Å². The van der Waals surface area contributed by atoms with Crippen LogP contribution in [0.3, 0.4) is 0 Å². The third-order valence-corrected chi connectivity index (χ3v) is 7.55. The number of urea groups is 1. The topological polar surface area (TPSA) is 117 Å². The second-order valence-electron chi connectivity index (χ2n) is 7.76. The molecule has 0 radical (unpaired) electrons. The van der Waals surface area contributed by atoms with E-state index in [1.807, 2.05) is 18.7 Å². The fraction of sp³-hybridized carbons (Fsp3) is 0.545. The molecular formula is C22H32N4O6S. The van der Waals surface area contributed by atoms with Gasteiger partial charge in [-0.1, -0.05) is 6.92 Å². The fourth-order valence-electron chi connectivity index (χ4n) is 3.96. The number of nitrogens with zero attached hydrogens (tertiary/aromatic N) is 2. The first-order valence-corrected chi connectivity index (χ1v) is 12.7. The Bertz CT molecular complexity index is 985. The van der Waals surface area contributed by atoms with Gasteiger partial charge in [0.05, 0.1) is 29.7 Å². The number of carbonyl (C=O) groups is 2. The number of benzene rings is 1. The lowest BCUT2D eigenvalue weighted by Gasteiger charge is -2.36. The molecule has 1 aromatic rings. The average Bonchev–Trinajstić information content (AvgIpc) is 2.79.